The summed E-state index contributed by atoms with van der Waals surface area (Å²) in [7, 11) is 3.23. The van der Waals surface area contributed by atoms with Crippen molar-refractivity contribution in [2.45, 2.75) is 33.6 Å². The molecule has 3 aromatic rings. The molecule has 0 fully saturated rings. The van der Waals surface area contributed by atoms with Crippen LogP contribution in [0.25, 0.3) is 21.2 Å². The molecule has 0 bridgehead atoms. The lowest BCUT2D eigenvalue weighted by molar-refractivity contribution is 0.158. The Morgan fingerprint density at radius 3 is 2.68 bits per heavy atom. The van der Waals surface area contributed by atoms with Crippen LogP contribution in [0.4, 0.5) is 0 Å². The van der Waals surface area contributed by atoms with Crippen molar-refractivity contribution < 1.29 is 9.57 Å². The maximum absolute atomic E-state index is 13.1. The number of rotatable bonds is 7. The zero-order valence-electron chi connectivity index (χ0n) is 16.9. The molecule has 148 valence electrons. The van der Waals surface area contributed by atoms with Gasteiger partial charge in [0.15, 0.2) is 5.75 Å². The molecular weight excluding hydrogens is 374 g/mol. The highest BCUT2D eigenvalue weighted by atomic mass is 32.1. The van der Waals surface area contributed by atoms with E-state index in [0.717, 1.165) is 39.1 Å². The third kappa shape index (κ3) is 3.54. The Balaban J connectivity index is 2.44. The predicted octanol–water partition coefficient (Wildman–Crippen LogP) is 4.52. The quantitative estimate of drug-likeness (QED) is 0.433. The van der Waals surface area contributed by atoms with E-state index in [-0.39, 0.29) is 5.56 Å². The lowest BCUT2D eigenvalue weighted by Gasteiger charge is -2.14. The van der Waals surface area contributed by atoms with Gasteiger partial charge in [-0.2, -0.15) is 5.10 Å². The first kappa shape index (κ1) is 20.1. The van der Waals surface area contributed by atoms with E-state index < -0.39 is 0 Å². The number of nitrogens with zero attached hydrogens (tertiary/aromatic N) is 3. The summed E-state index contributed by atoms with van der Waals surface area (Å²) in [5.74, 6) is 0.500. The molecule has 0 N–H and O–H groups in total. The molecule has 0 aliphatic carbocycles. The van der Waals surface area contributed by atoms with Crippen molar-refractivity contribution in [1.29, 1.82) is 0 Å². The fourth-order valence-corrected chi connectivity index (χ4v) is 4.52. The average Bonchev–Trinajstić information content (AvgIpc) is 3.06. The summed E-state index contributed by atoms with van der Waals surface area (Å²) in [6.45, 7) is 6.35. The Morgan fingerprint density at radius 2 is 2.00 bits per heavy atom. The summed E-state index contributed by atoms with van der Waals surface area (Å²) in [4.78, 5) is 19.5. The van der Waals surface area contributed by atoms with Crippen molar-refractivity contribution in [2.24, 2.45) is 12.2 Å². The molecule has 2 heterocycles. The average molecular weight is 400 g/mol. The Labute approximate surface area is 168 Å². The molecule has 0 aliphatic rings. The van der Waals surface area contributed by atoms with Crippen LogP contribution in [0, 0.1) is 6.92 Å². The first-order chi connectivity index (χ1) is 13.5. The van der Waals surface area contributed by atoms with Crippen molar-refractivity contribution in [3.63, 3.8) is 0 Å². The largest absolute Gasteiger partial charge is 0.494 e. The Kier molecular flexibility index (Phi) is 6.14. The molecule has 0 aliphatic heterocycles. The van der Waals surface area contributed by atoms with Crippen LogP contribution >= 0.6 is 11.3 Å². The van der Waals surface area contributed by atoms with Crippen LogP contribution in [0.5, 0.6) is 5.75 Å². The van der Waals surface area contributed by atoms with Crippen molar-refractivity contribution in [1.82, 2.24) is 9.78 Å². The highest BCUT2D eigenvalue weighted by Crippen LogP contribution is 2.42. The highest BCUT2D eigenvalue weighted by Gasteiger charge is 2.25. The van der Waals surface area contributed by atoms with E-state index in [2.05, 4.69) is 23.2 Å². The molecule has 3 rings (SSSR count). The van der Waals surface area contributed by atoms with Gasteiger partial charge >= 0.3 is 0 Å². The Morgan fingerprint density at radius 1 is 1.25 bits per heavy atom. The molecule has 0 amide bonds. The number of benzene rings is 1. The maximum atomic E-state index is 13.1. The fraction of sp³-hybridized carbons (Fsp3) is 0.381. The second-order valence-corrected chi connectivity index (χ2v) is 7.48. The second-order valence-electron chi connectivity index (χ2n) is 6.43. The van der Waals surface area contributed by atoms with Crippen LogP contribution in [-0.2, 0) is 11.9 Å². The van der Waals surface area contributed by atoms with Crippen molar-refractivity contribution in [3.8, 4) is 16.9 Å². The zero-order chi connectivity index (χ0) is 20.3. The lowest BCUT2D eigenvalue weighted by atomic mass is 9.99. The third-order valence-corrected chi connectivity index (χ3v) is 5.69. The summed E-state index contributed by atoms with van der Waals surface area (Å²) in [5, 5.41) is 9.66. The summed E-state index contributed by atoms with van der Waals surface area (Å²) >= 11 is 1.62. The normalized spacial score (nSPS) is 11.8. The number of fused-ring (bicyclic) bond motifs is 1. The molecular formula is C21H25N3O3S. The van der Waals surface area contributed by atoms with Gasteiger partial charge in [-0.15, -0.1) is 11.3 Å². The van der Waals surface area contributed by atoms with Gasteiger partial charge in [0, 0.05) is 22.7 Å². The molecule has 0 saturated carbocycles. The van der Waals surface area contributed by atoms with Gasteiger partial charge in [-0.3, -0.25) is 4.79 Å². The van der Waals surface area contributed by atoms with Crippen molar-refractivity contribution in [3.05, 3.63) is 45.2 Å². The van der Waals surface area contributed by atoms with E-state index >= 15 is 0 Å². The number of thiophene rings is 1. The monoisotopic (exact) mass is 399 g/mol. The highest BCUT2D eigenvalue weighted by molar-refractivity contribution is 7.21. The van der Waals surface area contributed by atoms with Gasteiger partial charge < -0.3 is 9.57 Å². The van der Waals surface area contributed by atoms with Crippen LogP contribution in [-0.4, -0.2) is 29.2 Å². The molecule has 28 heavy (non-hydrogen) atoms. The van der Waals surface area contributed by atoms with E-state index in [1.54, 1.807) is 25.5 Å². The predicted molar refractivity (Wildman–Crippen MR) is 115 cm³/mol. The second kappa shape index (κ2) is 8.56. The lowest BCUT2D eigenvalue weighted by Crippen LogP contribution is -2.23. The van der Waals surface area contributed by atoms with E-state index in [1.165, 1.54) is 4.68 Å². The van der Waals surface area contributed by atoms with E-state index in [4.69, 9.17) is 9.57 Å². The zero-order valence-corrected chi connectivity index (χ0v) is 17.7. The minimum atomic E-state index is -0.195. The fourth-order valence-electron chi connectivity index (χ4n) is 3.30. The van der Waals surface area contributed by atoms with E-state index in [0.29, 0.717) is 23.6 Å². The van der Waals surface area contributed by atoms with Crippen molar-refractivity contribution >= 4 is 27.1 Å². The standard InChI is InChI=1S/C21H25N3O3S/c1-6-10-15(23-27-7-2)20-17(14-11-8-9-12-16(14)28-20)18-19(26-5)13(3)22-24(4)21(18)25/h8-9,11-12H,6-7,10H2,1-5H3. The Hall–Kier alpha value is -2.67. The summed E-state index contributed by atoms with van der Waals surface area (Å²) < 4.78 is 8.07. The smallest absolute Gasteiger partial charge is 0.278 e. The topological polar surface area (TPSA) is 65.7 Å². The first-order valence-corrected chi connectivity index (χ1v) is 10.2. The van der Waals surface area contributed by atoms with Gasteiger partial charge in [-0.25, -0.2) is 4.68 Å². The van der Waals surface area contributed by atoms with Crippen LogP contribution in [0.3, 0.4) is 0 Å². The Bertz CT molecular complexity index is 1080. The van der Waals surface area contributed by atoms with Gasteiger partial charge in [-0.05, 0) is 26.3 Å². The molecule has 0 saturated heterocycles. The van der Waals surface area contributed by atoms with E-state index in [9.17, 15) is 4.79 Å². The summed E-state index contributed by atoms with van der Waals surface area (Å²) in [5.41, 5.74) is 2.68. The van der Waals surface area contributed by atoms with Gasteiger partial charge in [0.05, 0.1) is 23.3 Å². The minimum absolute atomic E-state index is 0.195. The first-order valence-electron chi connectivity index (χ1n) is 9.36. The molecule has 6 nitrogen and oxygen atoms in total. The van der Waals surface area contributed by atoms with E-state index in [1.807, 2.05) is 32.0 Å². The molecule has 0 atom stereocenters. The number of aromatic nitrogens is 2. The summed E-state index contributed by atoms with van der Waals surface area (Å²) in [6, 6.07) is 8.07. The van der Waals surface area contributed by atoms with Gasteiger partial charge in [0.25, 0.3) is 5.56 Å². The van der Waals surface area contributed by atoms with Crippen LogP contribution in [0.2, 0.25) is 0 Å². The van der Waals surface area contributed by atoms with Crippen LogP contribution < -0.4 is 10.3 Å². The number of methoxy groups -OCH3 is 1. The number of hydrogen-bond acceptors (Lipinski definition) is 6. The van der Waals surface area contributed by atoms with Gasteiger partial charge in [0.1, 0.15) is 12.3 Å². The summed E-state index contributed by atoms with van der Waals surface area (Å²) in [6.07, 6.45) is 1.68. The maximum Gasteiger partial charge on any atom is 0.278 e. The van der Waals surface area contributed by atoms with Crippen LogP contribution in [0.15, 0.2) is 34.2 Å². The third-order valence-electron chi connectivity index (χ3n) is 4.47. The molecule has 7 heteroatoms. The van der Waals surface area contributed by atoms with Crippen molar-refractivity contribution in [2.75, 3.05) is 13.7 Å². The molecule has 0 spiro atoms. The minimum Gasteiger partial charge on any atom is -0.494 e. The van der Waals surface area contributed by atoms with Gasteiger partial charge in [0.2, 0.25) is 0 Å². The molecule has 0 unspecified atom stereocenters. The molecule has 1 aromatic carbocycles. The molecule has 2 aromatic heterocycles. The van der Waals surface area contributed by atoms with Crippen LogP contribution in [0.1, 0.15) is 37.3 Å². The molecule has 0 radical (unpaired) electrons. The number of oxime groups is 1. The number of ether oxygens (including phenoxy) is 1. The number of aryl methyl sites for hydroxylation is 2. The number of hydrogen-bond donors (Lipinski definition) is 0. The van der Waals surface area contributed by atoms with Gasteiger partial charge in [-0.1, -0.05) is 36.7 Å². The SMILES string of the molecule is CCCC(=NOCC)c1sc2ccccc2c1-c1c(OC)c(C)nn(C)c1=O.